The third kappa shape index (κ3) is 10.7. The predicted molar refractivity (Wildman–Crippen MR) is 192 cm³/mol. The zero-order valence-corrected chi connectivity index (χ0v) is 30.0. The average Bonchev–Trinajstić information content (AvgIpc) is 3.17. The monoisotopic (exact) mass is 749 g/mol. The first-order chi connectivity index (χ1) is 25.4. The number of pyridine rings is 1. The lowest BCUT2D eigenvalue weighted by Crippen LogP contribution is -2.54. The van der Waals surface area contributed by atoms with E-state index in [0.717, 1.165) is 5.56 Å². The predicted octanol–water partition coefficient (Wildman–Crippen LogP) is 2.38. The Balaban J connectivity index is 1.05. The standard InChI is InChI=1S/C36H43N7O9S/c1-24-6-8-25(9-7-24)23-52-28-13-17-42(18-14-28)36(47)29-15-19-43(22-30(29)35(46)41-48)33(44)12-16-37-34(45)27-10-11-32(38-20-27)40-39-21-26-4-2-3-5-31(26)53(49,50)51/h2-11,20-21,28-30,48H,12-19,22-23H2,1H3,(H,37,45)(H,38,40)(H,41,46)(H,49,50,51)/t29-,30?/m0/s1. The van der Waals surface area contributed by atoms with E-state index in [4.69, 9.17) is 4.74 Å². The summed E-state index contributed by atoms with van der Waals surface area (Å²) in [6, 6.07) is 16.9. The van der Waals surface area contributed by atoms with Gasteiger partial charge in [-0.3, -0.25) is 34.4 Å². The van der Waals surface area contributed by atoms with Gasteiger partial charge in [-0.25, -0.2) is 10.5 Å². The Morgan fingerprint density at radius 3 is 2.36 bits per heavy atom. The molecule has 2 atom stereocenters. The Labute approximate surface area is 307 Å². The molecule has 2 saturated heterocycles. The second-order valence-corrected chi connectivity index (χ2v) is 14.3. The van der Waals surface area contributed by atoms with Crippen LogP contribution < -0.4 is 16.2 Å². The van der Waals surface area contributed by atoms with Gasteiger partial charge in [-0.05, 0) is 49.9 Å². The Bertz CT molecular complexity index is 1900. The van der Waals surface area contributed by atoms with Crippen molar-refractivity contribution in [1.29, 1.82) is 0 Å². The molecule has 2 aromatic carbocycles. The number of hydrogen-bond acceptors (Lipinski definition) is 11. The normalized spacial score (nSPS) is 18.1. The molecule has 0 saturated carbocycles. The molecule has 282 valence electrons. The van der Waals surface area contributed by atoms with Crippen LogP contribution in [0.5, 0.6) is 0 Å². The van der Waals surface area contributed by atoms with Gasteiger partial charge in [-0.2, -0.15) is 13.5 Å². The minimum Gasteiger partial charge on any atom is -0.373 e. The molecule has 3 aromatic rings. The molecule has 0 spiro atoms. The van der Waals surface area contributed by atoms with E-state index in [1.54, 1.807) is 16.4 Å². The summed E-state index contributed by atoms with van der Waals surface area (Å²) < 4.78 is 38.5. The lowest BCUT2D eigenvalue weighted by atomic mass is 9.83. The van der Waals surface area contributed by atoms with Crippen molar-refractivity contribution in [2.24, 2.45) is 16.9 Å². The van der Waals surface area contributed by atoms with Crippen molar-refractivity contribution in [2.75, 3.05) is 38.1 Å². The highest BCUT2D eigenvalue weighted by atomic mass is 32.2. The van der Waals surface area contributed by atoms with Crippen LogP contribution in [-0.4, -0.2) is 102 Å². The van der Waals surface area contributed by atoms with Crippen molar-refractivity contribution >= 4 is 45.8 Å². The quantitative estimate of drug-likeness (QED) is 0.0739. The number of ether oxygens (including phenoxy) is 1. The van der Waals surface area contributed by atoms with Crippen LogP contribution in [0.1, 0.15) is 52.7 Å². The Kier molecular flexibility index (Phi) is 13.2. The number of hydrazone groups is 1. The van der Waals surface area contributed by atoms with Gasteiger partial charge in [0.25, 0.3) is 16.0 Å². The molecule has 4 amide bonds. The number of rotatable bonds is 13. The van der Waals surface area contributed by atoms with Crippen LogP contribution >= 0.6 is 0 Å². The van der Waals surface area contributed by atoms with Crippen LogP contribution in [0.4, 0.5) is 5.82 Å². The zero-order valence-electron chi connectivity index (χ0n) is 29.2. The Hall–Kier alpha value is -5.23. The molecule has 2 fully saturated rings. The first-order valence-electron chi connectivity index (χ1n) is 17.2. The summed E-state index contributed by atoms with van der Waals surface area (Å²) in [6.45, 7) is 3.70. The summed E-state index contributed by atoms with van der Waals surface area (Å²) in [6.07, 6.45) is 4.05. The molecule has 1 unspecified atom stereocenters. The molecule has 5 rings (SSSR count). The van der Waals surface area contributed by atoms with Gasteiger partial charge in [-0.15, -0.1) is 0 Å². The highest BCUT2D eigenvalue weighted by Crippen LogP contribution is 2.28. The number of nitrogens with one attached hydrogen (secondary N) is 3. The third-order valence-corrected chi connectivity index (χ3v) is 10.2. The molecule has 0 radical (unpaired) electrons. The zero-order chi connectivity index (χ0) is 38.0. The molecule has 17 heteroatoms. The first-order valence-corrected chi connectivity index (χ1v) is 18.6. The van der Waals surface area contributed by atoms with Gasteiger partial charge in [-0.1, -0.05) is 48.0 Å². The second-order valence-electron chi connectivity index (χ2n) is 13.0. The molecular weight excluding hydrogens is 707 g/mol. The fraction of sp³-hybridized carbons (Fsp3) is 0.389. The van der Waals surface area contributed by atoms with Crippen LogP contribution in [0.3, 0.4) is 0 Å². The fourth-order valence-electron chi connectivity index (χ4n) is 6.33. The van der Waals surface area contributed by atoms with E-state index in [-0.39, 0.29) is 72.2 Å². The molecule has 2 aliphatic heterocycles. The maximum atomic E-state index is 13.6. The maximum Gasteiger partial charge on any atom is 0.295 e. The van der Waals surface area contributed by atoms with Crippen molar-refractivity contribution in [3.05, 3.63) is 89.1 Å². The number of amides is 4. The van der Waals surface area contributed by atoms with E-state index in [1.807, 2.05) is 31.2 Å². The molecule has 2 aliphatic rings. The van der Waals surface area contributed by atoms with Crippen molar-refractivity contribution < 1.29 is 42.1 Å². The number of aromatic nitrogens is 1. The minimum absolute atomic E-state index is 0.00574. The summed E-state index contributed by atoms with van der Waals surface area (Å²) in [5.41, 5.74) is 6.91. The topological polar surface area (TPSA) is 220 Å². The van der Waals surface area contributed by atoms with E-state index < -0.39 is 33.8 Å². The number of aryl methyl sites for hydroxylation is 1. The smallest absolute Gasteiger partial charge is 0.295 e. The number of hydrogen-bond donors (Lipinski definition) is 5. The highest BCUT2D eigenvalue weighted by Gasteiger charge is 2.42. The van der Waals surface area contributed by atoms with Crippen LogP contribution in [0.2, 0.25) is 0 Å². The molecule has 3 heterocycles. The van der Waals surface area contributed by atoms with Gasteiger partial charge in [0.05, 0.1) is 36.3 Å². The lowest BCUT2D eigenvalue weighted by Gasteiger charge is -2.40. The number of nitrogens with zero attached hydrogens (tertiary/aromatic N) is 4. The van der Waals surface area contributed by atoms with Gasteiger partial charge in [0.15, 0.2) is 0 Å². The molecule has 0 aliphatic carbocycles. The molecule has 0 bridgehead atoms. The number of hydroxylamine groups is 1. The van der Waals surface area contributed by atoms with Crippen LogP contribution in [0, 0.1) is 18.8 Å². The molecule has 16 nitrogen and oxygen atoms in total. The van der Waals surface area contributed by atoms with Gasteiger partial charge in [0, 0.05) is 50.9 Å². The van der Waals surface area contributed by atoms with E-state index in [0.29, 0.717) is 32.5 Å². The number of carbonyl (C=O) groups is 4. The highest BCUT2D eigenvalue weighted by molar-refractivity contribution is 7.86. The summed E-state index contributed by atoms with van der Waals surface area (Å²) in [5.74, 6) is -3.08. The second kappa shape index (κ2) is 18.0. The Morgan fingerprint density at radius 2 is 1.68 bits per heavy atom. The van der Waals surface area contributed by atoms with E-state index in [2.05, 4.69) is 20.8 Å². The van der Waals surface area contributed by atoms with Crippen molar-refractivity contribution in [3.8, 4) is 0 Å². The van der Waals surface area contributed by atoms with Gasteiger partial charge in [0.1, 0.15) is 10.7 Å². The summed E-state index contributed by atoms with van der Waals surface area (Å²) in [5, 5.41) is 16.0. The average molecular weight is 750 g/mol. The number of benzene rings is 2. The van der Waals surface area contributed by atoms with Gasteiger partial charge in [0.2, 0.25) is 17.7 Å². The summed E-state index contributed by atoms with van der Waals surface area (Å²) >= 11 is 0. The third-order valence-electron chi connectivity index (χ3n) is 9.32. The minimum atomic E-state index is -4.43. The van der Waals surface area contributed by atoms with E-state index >= 15 is 0 Å². The van der Waals surface area contributed by atoms with Crippen molar-refractivity contribution in [3.63, 3.8) is 0 Å². The van der Waals surface area contributed by atoms with Crippen LogP contribution in [0.25, 0.3) is 0 Å². The van der Waals surface area contributed by atoms with E-state index in [9.17, 15) is 37.4 Å². The fourth-order valence-corrected chi connectivity index (χ4v) is 7.00. The van der Waals surface area contributed by atoms with Crippen molar-refractivity contribution in [1.82, 2.24) is 25.6 Å². The maximum absolute atomic E-state index is 13.6. The lowest BCUT2D eigenvalue weighted by molar-refractivity contribution is -0.152. The number of carbonyl (C=O) groups excluding carboxylic acids is 4. The van der Waals surface area contributed by atoms with Crippen LogP contribution in [0.15, 0.2) is 76.9 Å². The molecule has 5 N–H and O–H groups in total. The number of likely N-dealkylation sites (tertiary alicyclic amines) is 2. The first kappa shape index (κ1) is 39.0. The van der Waals surface area contributed by atoms with Gasteiger partial charge >= 0.3 is 0 Å². The molecule has 53 heavy (non-hydrogen) atoms. The molecule has 1 aromatic heterocycles. The molecular formula is C36H43N7O9S. The number of anilines is 1. The van der Waals surface area contributed by atoms with Gasteiger partial charge < -0.3 is 19.9 Å². The Morgan fingerprint density at radius 1 is 0.962 bits per heavy atom. The van der Waals surface area contributed by atoms with Crippen LogP contribution in [-0.2, 0) is 35.8 Å². The largest absolute Gasteiger partial charge is 0.373 e. The summed E-state index contributed by atoms with van der Waals surface area (Å²) in [4.78, 5) is 59.0. The SMILES string of the molecule is Cc1ccc(COC2CCN(C(=O)[C@H]3CCN(C(=O)CCNC(=O)c4ccc(NN=Cc5ccccc5S(=O)(=O)O)nc4)CC3C(=O)NO)CC2)cc1. The van der Waals surface area contributed by atoms with Crippen molar-refractivity contribution in [2.45, 2.75) is 50.2 Å². The summed E-state index contributed by atoms with van der Waals surface area (Å²) in [7, 11) is -4.43. The van der Waals surface area contributed by atoms with E-state index in [1.165, 1.54) is 53.2 Å². The number of piperidine rings is 2.